The number of benzene rings is 1. The lowest BCUT2D eigenvalue weighted by Crippen LogP contribution is -2.13. The van der Waals surface area contributed by atoms with E-state index >= 15 is 0 Å². The molecule has 0 N–H and O–H groups in total. The molecule has 2 aliphatic heterocycles. The molecule has 13 heavy (non-hydrogen) atoms. The Bertz CT molecular complexity index is 392. The van der Waals surface area contributed by atoms with Crippen LogP contribution in [-0.2, 0) is 0 Å². The van der Waals surface area contributed by atoms with Gasteiger partial charge in [0.2, 0.25) is 0 Å². The second-order valence-corrected chi connectivity index (χ2v) is 4.02. The highest BCUT2D eigenvalue weighted by molar-refractivity contribution is 5.49. The third-order valence-electron chi connectivity index (χ3n) is 3.33. The van der Waals surface area contributed by atoms with Gasteiger partial charge in [0.15, 0.2) is 0 Å². The molecule has 2 bridgehead atoms. The van der Waals surface area contributed by atoms with E-state index in [4.69, 9.17) is 0 Å². The van der Waals surface area contributed by atoms with E-state index in [1.807, 2.05) is 0 Å². The minimum Gasteiger partial charge on any atom is -0.285 e. The summed E-state index contributed by atoms with van der Waals surface area (Å²) >= 11 is 0. The fraction of sp³-hybridized carbons (Fsp3) is 0.333. The predicted octanol–water partition coefficient (Wildman–Crippen LogP) is 2.59. The fourth-order valence-electron chi connectivity index (χ4n) is 2.64. The van der Waals surface area contributed by atoms with Gasteiger partial charge < -0.3 is 0 Å². The first kappa shape index (κ1) is 7.34. The number of rotatable bonds is 0. The molecule has 0 fully saturated rings. The summed E-state index contributed by atoms with van der Waals surface area (Å²) < 4.78 is 0. The van der Waals surface area contributed by atoms with Gasteiger partial charge >= 0.3 is 0 Å². The normalized spacial score (nSPS) is 29.7. The molecule has 0 saturated heterocycles. The van der Waals surface area contributed by atoms with Crippen LogP contribution < -0.4 is 0 Å². The second-order valence-electron chi connectivity index (χ2n) is 4.02. The zero-order valence-corrected chi connectivity index (χ0v) is 7.99. The maximum Gasteiger partial charge on any atom is 0.0544 e. The van der Waals surface area contributed by atoms with Gasteiger partial charge in [0.1, 0.15) is 0 Å². The van der Waals surface area contributed by atoms with Gasteiger partial charge in [-0.25, -0.2) is 0 Å². The van der Waals surface area contributed by atoms with E-state index in [0.29, 0.717) is 12.1 Å². The van der Waals surface area contributed by atoms with Crippen LogP contribution in [0.2, 0.25) is 0 Å². The summed E-state index contributed by atoms with van der Waals surface area (Å²) in [6.45, 7) is 2.21. The summed E-state index contributed by atoms with van der Waals surface area (Å²) in [5, 5.41) is 0. The smallest absolute Gasteiger partial charge is 0.0544 e. The fourth-order valence-corrected chi connectivity index (χ4v) is 2.64. The van der Waals surface area contributed by atoms with Crippen LogP contribution in [0.1, 0.15) is 28.8 Å². The van der Waals surface area contributed by atoms with Crippen LogP contribution in [0.15, 0.2) is 30.4 Å². The van der Waals surface area contributed by atoms with Gasteiger partial charge in [-0.15, -0.1) is 0 Å². The number of hydrogen-bond donors (Lipinski definition) is 0. The number of likely N-dealkylation sites (N-methyl/N-ethyl adjacent to an activating group) is 1. The minimum atomic E-state index is 0.542. The number of hydrogen-bond acceptors (Lipinski definition) is 1. The van der Waals surface area contributed by atoms with Crippen molar-refractivity contribution in [2.75, 3.05) is 7.05 Å². The third-order valence-corrected chi connectivity index (χ3v) is 3.33. The lowest BCUT2D eigenvalue weighted by atomic mass is 9.93. The first-order chi connectivity index (χ1) is 6.29. The average Bonchev–Trinajstić information content (AvgIpc) is 2.61. The first-order valence-electron chi connectivity index (χ1n) is 4.78. The zero-order valence-electron chi connectivity index (χ0n) is 7.99. The van der Waals surface area contributed by atoms with Crippen LogP contribution in [0.25, 0.3) is 0 Å². The summed E-state index contributed by atoms with van der Waals surface area (Å²) in [6, 6.07) is 7.71. The van der Waals surface area contributed by atoms with Crippen molar-refractivity contribution < 1.29 is 0 Å². The van der Waals surface area contributed by atoms with E-state index < -0.39 is 0 Å². The van der Waals surface area contributed by atoms with Gasteiger partial charge in [0.05, 0.1) is 12.1 Å². The standard InChI is InChI=1S/C12H13N/c1-8-4-3-5-9-10-6-7-11(12(8)9)13(10)2/h3-7,10-11H,1-2H3/t10-,11+/m0/s1. The van der Waals surface area contributed by atoms with Crippen molar-refractivity contribution in [3.05, 3.63) is 47.0 Å². The highest BCUT2D eigenvalue weighted by Crippen LogP contribution is 2.48. The van der Waals surface area contributed by atoms with E-state index in [2.05, 4.69) is 49.2 Å². The average molecular weight is 171 g/mol. The third kappa shape index (κ3) is 0.755. The van der Waals surface area contributed by atoms with Crippen molar-refractivity contribution >= 4 is 0 Å². The molecule has 0 aromatic heterocycles. The molecule has 2 heterocycles. The molecule has 0 unspecified atom stereocenters. The highest BCUT2D eigenvalue weighted by atomic mass is 15.2. The van der Waals surface area contributed by atoms with Crippen LogP contribution >= 0.6 is 0 Å². The Morgan fingerprint density at radius 3 is 2.69 bits per heavy atom. The topological polar surface area (TPSA) is 3.24 Å². The molecular formula is C12H13N. The lowest BCUT2D eigenvalue weighted by molar-refractivity contribution is 0.299. The van der Waals surface area contributed by atoms with Crippen molar-refractivity contribution in [3.8, 4) is 0 Å². The van der Waals surface area contributed by atoms with Crippen molar-refractivity contribution in [1.29, 1.82) is 0 Å². The summed E-state index contributed by atoms with van der Waals surface area (Å²) in [5.74, 6) is 0. The highest BCUT2D eigenvalue weighted by Gasteiger charge is 2.37. The van der Waals surface area contributed by atoms with Gasteiger partial charge in [0, 0.05) is 0 Å². The van der Waals surface area contributed by atoms with Crippen molar-refractivity contribution in [3.63, 3.8) is 0 Å². The monoisotopic (exact) mass is 171 g/mol. The molecule has 0 saturated carbocycles. The summed E-state index contributed by atoms with van der Waals surface area (Å²) in [6.07, 6.45) is 4.63. The van der Waals surface area contributed by atoms with E-state index in [9.17, 15) is 0 Å². The molecular weight excluding hydrogens is 158 g/mol. The minimum absolute atomic E-state index is 0.542. The largest absolute Gasteiger partial charge is 0.285 e. The van der Waals surface area contributed by atoms with Gasteiger partial charge in [-0.05, 0) is 30.7 Å². The Labute approximate surface area is 78.7 Å². The number of fused-ring (bicyclic) bond motifs is 5. The molecule has 1 nitrogen and oxygen atoms in total. The summed E-state index contributed by atoms with van der Waals surface area (Å²) in [4.78, 5) is 2.43. The molecule has 1 aromatic rings. The van der Waals surface area contributed by atoms with Crippen molar-refractivity contribution in [2.24, 2.45) is 0 Å². The van der Waals surface area contributed by atoms with E-state index in [-0.39, 0.29) is 0 Å². The number of aryl methyl sites for hydroxylation is 1. The molecule has 3 rings (SSSR count). The maximum absolute atomic E-state index is 2.43. The van der Waals surface area contributed by atoms with Gasteiger partial charge in [-0.2, -0.15) is 0 Å². The van der Waals surface area contributed by atoms with Gasteiger partial charge in [0.25, 0.3) is 0 Å². The van der Waals surface area contributed by atoms with E-state index in [0.717, 1.165) is 0 Å². The van der Waals surface area contributed by atoms with Crippen LogP contribution in [0.5, 0.6) is 0 Å². The Balaban J connectivity index is 2.28. The summed E-state index contributed by atoms with van der Waals surface area (Å²) in [7, 11) is 2.20. The number of nitrogens with zero attached hydrogens (tertiary/aromatic N) is 1. The van der Waals surface area contributed by atoms with E-state index in [1.54, 1.807) is 0 Å². The maximum atomic E-state index is 2.43. The molecule has 0 spiro atoms. The Hall–Kier alpha value is -1.08. The Kier molecular flexibility index (Phi) is 1.26. The lowest BCUT2D eigenvalue weighted by Gasteiger charge is -2.14. The van der Waals surface area contributed by atoms with Gasteiger partial charge in [-0.1, -0.05) is 30.4 Å². The molecule has 0 amide bonds. The second kappa shape index (κ2) is 2.24. The SMILES string of the molecule is Cc1cccc2c1[C@H]1C=C[C@@H]2N1C. The summed E-state index contributed by atoms with van der Waals surface area (Å²) in [5.41, 5.74) is 4.48. The zero-order chi connectivity index (χ0) is 9.00. The van der Waals surface area contributed by atoms with Crippen LogP contribution in [0.3, 0.4) is 0 Å². The predicted molar refractivity (Wildman–Crippen MR) is 53.6 cm³/mol. The molecule has 2 atom stereocenters. The van der Waals surface area contributed by atoms with Crippen LogP contribution in [0.4, 0.5) is 0 Å². The van der Waals surface area contributed by atoms with Crippen molar-refractivity contribution in [1.82, 2.24) is 4.90 Å². The molecule has 66 valence electrons. The molecule has 1 aromatic carbocycles. The van der Waals surface area contributed by atoms with Gasteiger partial charge in [-0.3, -0.25) is 4.90 Å². The Morgan fingerprint density at radius 2 is 1.92 bits per heavy atom. The Morgan fingerprint density at radius 1 is 1.15 bits per heavy atom. The quantitative estimate of drug-likeness (QED) is 0.542. The molecule has 0 radical (unpaired) electrons. The van der Waals surface area contributed by atoms with E-state index in [1.165, 1.54) is 16.7 Å². The van der Waals surface area contributed by atoms with Crippen LogP contribution in [0, 0.1) is 6.92 Å². The van der Waals surface area contributed by atoms with Crippen molar-refractivity contribution in [2.45, 2.75) is 19.0 Å². The molecule has 1 heteroatoms. The molecule has 2 aliphatic rings. The van der Waals surface area contributed by atoms with Crippen LogP contribution in [-0.4, -0.2) is 11.9 Å². The first-order valence-corrected chi connectivity index (χ1v) is 4.78. The molecule has 0 aliphatic carbocycles.